The quantitative estimate of drug-likeness (QED) is 0.372. The first-order chi connectivity index (χ1) is 17.6. The van der Waals surface area contributed by atoms with Crippen LogP contribution in [-0.4, -0.2) is 43.0 Å². The Hall–Kier alpha value is -3.52. The second kappa shape index (κ2) is 13.0. The molecule has 7 nitrogen and oxygen atoms in total. The van der Waals surface area contributed by atoms with Crippen LogP contribution >= 0.6 is 0 Å². The molecule has 4 atom stereocenters. The Bertz CT molecular complexity index is 1090. The smallest absolute Gasteiger partial charge is 0.350 e. The Morgan fingerprint density at radius 1 is 0.722 bits per heavy atom. The highest BCUT2D eigenvalue weighted by molar-refractivity contribution is 5.80. The van der Waals surface area contributed by atoms with Crippen LogP contribution in [0.2, 0.25) is 0 Å². The van der Waals surface area contributed by atoms with Crippen molar-refractivity contribution < 1.29 is 33.3 Å². The minimum atomic E-state index is -1.25. The molecule has 0 radical (unpaired) electrons. The van der Waals surface area contributed by atoms with Crippen LogP contribution in [0.4, 0.5) is 0 Å². The van der Waals surface area contributed by atoms with Gasteiger partial charge in [-0.3, -0.25) is 4.79 Å². The van der Waals surface area contributed by atoms with Crippen molar-refractivity contribution >= 4 is 11.9 Å². The summed E-state index contributed by atoms with van der Waals surface area (Å²) in [4.78, 5) is 24.7. The number of cyclic esters (lactones) is 1. The largest absolute Gasteiger partial charge is 0.454 e. The van der Waals surface area contributed by atoms with Gasteiger partial charge in [0.1, 0.15) is 12.2 Å². The van der Waals surface area contributed by atoms with Crippen LogP contribution in [0.15, 0.2) is 91.0 Å². The van der Waals surface area contributed by atoms with Gasteiger partial charge in [-0.2, -0.15) is 0 Å². The summed E-state index contributed by atoms with van der Waals surface area (Å²) in [5.41, 5.74) is 2.86. The van der Waals surface area contributed by atoms with Crippen LogP contribution in [0.25, 0.3) is 0 Å². The van der Waals surface area contributed by atoms with E-state index in [1.807, 2.05) is 91.0 Å². The molecule has 0 N–H and O–H groups in total. The minimum absolute atomic E-state index is 0.0953. The fourth-order valence-corrected chi connectivity index (χ4v) is 4.01. The SMILES string of the molecule is CC(=O)O[C@@H]1C(=O)O[C@H](COCc2ccccc2)[C@@H](OCc2ccccc2)[C@@H]1OCc1ccccc1. The third kappa shape index (κ3) is 7.24. The molecule has 1 saturated heterocycles. The highest BCUT2D eigenvalue weighted by Gasteiger charge is 2.50. The van der Waals surface area contributed by atoms with Gasteiger partial charge >= 0.3 is 11.9 Å². The molecule has 0 bridgehead atoms. The number of carbonyl (C=O) groups is 2. The number of benzene rings is 3. The number of ether oxygens (including phenoxy) is 5. The summed E-state index contributed by atoms with van der Waals surface area (Å²) in [5, 5.41) is 0. The Labute approximate surface area is 210 Å². The van der Waals surface area contributed by atoms with Gasteiger partial charge in [-0.25, -0.2) is 4.79 Å². The maximum absolute atomic E-state index is 12.9. The zero-order valence-corrected chi connectivity index (χ0v) is 20.2. The molecule has 7 heteroatoms. The predicted octanol–water partition coefficient (Wildman–Crippen LogP) is 4.23. The normalized spacial score (nSPS) is 21.5. The van der Waals surface area contributed by atoms with Gasteiger partial charge in [0.05, 0.1) is 26.4 Å². The third-order valence-corrected chi connectivity index (χ3v) is 5.75. The molecule has 4 rings (SSSR count). The van der Waals surface area contributed by atoms with Crippen molar-refractivity contribution in [3.63, 3.8) is 0 Å². The zero-order chi connectivity index (χ0) is 25.2. The lowest BCUT2D eigenvalue weighted by Crippen LogP contribution is -2.59. The highest BCUT2D eigenvalue weighted by Crippen LogP contribution is 2.27. The molecule has 1 aliphatic rings. The Balaban J connectivity index is 1.54. The Morgan fingerprint density at radius 3 is 1.69 bits per heavy atom. The van der Waals surface area contributed by atoms with E-state index in [1.165, 1.54) is 6.92 Å². The lowest BCUT2D eigenvalue weighted by Gasteiger charge is -2.40. The average Bonchev–Trinajstić information content (AvgIpc) is 2.90. The van der Waals surface area contributed by atoms with Gasteiger partial charge in [-0.1, -0.05) is 91.0 Å². The summed E-state index contributed by atoms with van der Waals surface area (Å²) in [6, 6.07) is 28.9. The maximum atomic E-state index is 12.9. The van der Waals surface area contributed by atoms with Crippen molar-refractivity contribution in [3.05, 3.63) is 108 Å². The van der Waals surface area contributed by atoms with Gasteiger partial charge in [0.2, 0.25) is 6.10 Å². The molecule has 1 heterocycles. The van der Waals surface area contributed by atoms with Crippen molar-refractivity contribution in [3.8, 4) is 0 Å². The van der Waals surface area contributed by atoms with Crippen LogP contribution in [-0.2, 0) is 53.1 Å². The molecule has 0 unspecified atom stereocenters. The molecule has 0 amide bonds. The molecular weight excluding hydrogens is 460 g/mol. The molecule has 188 valence electrons. The number of hydrogen-bond acceptors (Lipinski definition) is 7. The number of carbonyl (C=O) groups excluding carboxylic acids is 2. The molecule has 0 saturated carbocycles. The molecular formula is C29H30O7. The van der Waals surface area contributed by atoms with Crippen LogP contribution in [0.5, 0.6) is 0 Å². The first kappa shape index (κ1) is 25.6. The average molecular weight is 491 g/mol. The Kier molecular flexibility index (Phi) is 9.21. The summed E-state index contributed by atoms with van der Waals surface area (Å²) >= 11 is 0. The lowest BCUT2D eigenvalue weighted by atomic mass is 9.98. The topological polar surface area (TPSA) is 80.3 Å². The fourth-order valence-electron chi connectivity index (χ4n) is 4.01. The van der Waals surface area contributed by atoms with E-state index in [4.69, 9.17) is 23.7 Å². The lowest BCUT2D eigenvalue weighted by molar-refractivity contribution is -0.236. The van der Waals surface area contributed by atoms with Gasteiger partial charge in [0.15, 0.2) is 6.10 Å². The second-order valence-corrected chi connectivity index (χ2v) is 8.53. The van der Waals surface area contributed by atoms with Crippen LogP contribution in [0, 0.1) is 0 Å². The summed E-state index contributed by atoms with van der Waals surface area (Å²) in [5.74, 6) is -1.29. The van der Waals surface area contributed by atoms with Crippen molar-refractivity contribution in [1.82, 2.24) is 0 Å². The van der Waals surface area contributed by atoms with E-state index in [0.717, 1.165) is 16.7 Å². The van der Waals surface area contributed by atoms with Crippen LogP contribution in [0.1, 0.15) is 23.6 Å². The first-order valence-corrected chi connectivity index (χ1v) is 11.9. The molecule has 3 aromatic carbocycles. The summed E-state index contributed by atoms with van der Waals surface area (Å²) in [7, 11) is 0. The van der Waals surface area contributed by atoms with E-state index in [1.54, 1.807) is 0 Å². The highest BCUT2D eigenvalue weighted by atomic mass is 16.7. The van der Waals surface area contributed by atoms with E-state index >= 15 is 0 Å². The number of rotatable bonds is 11. The molecule has 0 aliphatic carbocycles. The van der Waals surface area contributed by atoms with Gasteiger partial charge in [0, 0.05) is 6.92 Å². The molecule has 1 aliphatic heterocycles. The van der Waals surface area contributed by atoms with Gasteiger partial charge < -0.3 is 23.7 Å². The Morgan fingerprint density at radius 2 is 1.19 bits per heavy atom. The maximum Gasteiger partial charge on any atom is 0.350 e. The number of esters is 2. The van der Waals surface area contributed by atoms with Crippen molar-refractivity contribution in [1.29, 1.82) is 0 Å². The fraction of sp³-hybridized carbons (Fsp3) is 0.310. The monoisotopic (exact) mass is 490 g/mol. The van der Waals surface area contributed by atoms with Crippen molar-refractivity contribution in [2.45, 2.75) is 51.2 Å². The van der Waals surface area contributed by atoms with Crippen molar-refractivity contribution in [2.24, 2.45) is 0 Å². The third-order valence-electron chi connectivity index (χ3n) is 5.75. The molecule has 3 aromatic rings. The van der Waals surface area contributed by atoms with Crippen molar-refractivity contribution in [2.75, 3.05) is 6.61 Å². The van der Waals surface area contributed by atoms with Gasteiger partial charge in [-0.05, 0) is 16.7 Å². The summed E-state index contributed by atoms with van der Waals surface area (Å²) < 4.78 is 29.4. The summed E-state index contributed by atoms with van der Waals surface area (Å²) in [6.07, 6.45) is -3.62. The second-order valence-electron chi connectivity index (χ2n) is 8.53. The van der Waals surface area contributed by atoms with Crippen LogP contribution in [0.3, 0.4) is 0 Å². The van der Waals surface area contributed by atoms with Crippen LogP contribution < -0.4 is 0 Å². The van der Waals surface area contributed by atoms with E-state index in [0.29, 0.717) is 6.61 Å². The molecule has 0 aromatic heterocycles. The predicted molar refractivity (Wildman–Crippen MR) is 132 cm³/mol. The molecule has 36 heavy (non-hydrogen) atoms. The van der Waals surface area contributed by atoms with Gasteiger partial charge in [0.25, 0.3) is 0 Å². The molecule has 0 spiro atoms. The van der Waals surface area contributed by atoms with Gasteiger partial charge in [-0.15, -0.1) is 0 Å². The van der Waals surface area contributed by atoms with E-state index in [2.05, 4.69) is 0 Å². The minimum Gasteiger partial charge on any atom is -0.454 e. The first-order valence-electron chi connectivity index (χ1n) is 11.9. The standard InChI is InChI=1S/C29H30O7/c1-21(30)35-28-27(34-19-24-15-9-4-10-16-24)26(33-18-23-13-7-3-8-14-23)25(36-29(28)31)20-32-17-22-11-5-2-6-12-22/h2-16,25-28H,17-20H2,1H3/t25-,26-,27+,28+/m1/s1. The number of hydrogen-bond donors (Lipinski definition) is 0. The van der Waals surface area contributed by atoms with E-state index in [-0.39, 0.29) is 19.8 Å². The van der Waals surface area contributed by atoms with E-state index in [9.17, 15) is 9.59 Å². The zero-order valence-electron chi connectivity index (χ0n) is 20.2. The molecule has 1 fully saturated rings. The summed E-state index contributed by atoms with van der Waals surface area (Å²) in [6.45, 7) is 2.16. The van der Waals surface area contributed by atoms with E-state index < -0.39 is 36.4 Å².